The van der Waals surface area contributed by atoms with Crippen LogP contribution in [-0.4, -0.2) is 45.4 Å². The van der Waals surface area contributed by atoms with Crippen LogP contribution in [0.15, 0.2) is 51.9 Å². The second kappa shape index (κ2) is 11.2. The van der Waals surface area contributed by atoms with Gasteiger partial charge >= 0.3 is 0 Å². The van der Waals surface area contributed by atoms with E-state index < -0.39 is 0 Å². The van der Waals surface area contributed by atoms with Crippen molar-refractivity contribution in [2.24, 2.45) is 10.1 Å². The van der Waals surface area contributed by atoms with Crippen LogP contribution in [0.25, 0.3) is 11.3 Å². The third-order valence-corrected chi connectivity index (χ3v) is 6.81. The molecule has 0 bridgehead atoms. The number of nitrogens with zero attached hydrogens (tertiary/aromatic N) is 3. The highest BCUT2D eigenvalue weighted by molar-refractivity contribution is 7.07. The lowest BCUT2D eigenvalue weighted by molar-refractivity contribution is 0.354. The fourth-order valence-corrected chi connectivity index (χ4v) is 5.09. The molecule has 0 N–H and O–H groups in total. The molecule has 4 rings (SSSR count). The molecule has 0 saturated heterocycles. The Morgan fingerprint density at radius 3 is 2.41 bits per heavy atom. The molecule has 7 nitrogen and oxygen atoms in total. The smallest absolute Gasteiger partial charge is 0.206 e. The van der Waals surface area contributed by atoms with Crippen molar-refractivity contribution >= 4 is 17.6 Å². The van der Waals surface area contributed by atoms with E-state index in [4.69, 9.17) is 29.0 Å². The van der Waals surface area contributed by atoms with Gasteiger partial charge in [0.1, 0.15) is 11.5 Å². The fourth-order valence-electron chi connectivity index (χ4n) is 4.20. The van der Waals surface area contributed by atoms with E-state index >= 15 is 0 Å². The topological polar surface area (TPSA) is 66.6 Å². The largest absolute Gasteiger partial charge is 0.497 e. The number of aromatic nitrogens is 1. The standard InChI is InChI=1S/C26H31N3O4S/c1-30-20-13-14-21(24(15-20)32-3)22-17-34-26(28-19-10-6-5-7-11-19)29(22)27-16-18-9-8-12-23(31-2)25(18)33-4/h8-9,12-17,19H,5-7,10-11H2,1-4H3. The lowest BCUT2D eigenvalue weighted by Gasteiger charge is -2.17. The summed E-state index contributed by atoms with van der Waals surface area (Å²) >= 11 is 1.59. The Kier molecular flexibility index (Phi) is 7.90. The zero-order chi connectivity index (χ0) is 23.9. The van der Waals surface area contributed by atoms with Crippen LogP contribution in [0, 0.1) is 0 Å². The average molecular weight is 482 g/mol. The van der Waals surface area contributed by atoms with Gasteiger partial charge < -0.3 is 18.9 Å². The molecule has 1 aliphatic rings. The first kappa shape index (κ1) is 23.9. The first-order valence-electron chi connectivity index (χ1n) is 11.4. The van der Waals surface area contributed by atoms with Crippen molar-refractivity contribution in [3.05, 3.63) is 52.1 Å². The minimum absolute atomic E-state index is 0.325. The Morgan fingerprint density at radius 2 is 1.71 bits per heavy atom. The minimum Gasteiger partial charge on any atom is -0.497 e. The summed E-state index contributed by atoms with van der Waals surface area (Å²) in [6.07, 6.45) is 7.76. The SMILES string of the molecule is COc1ccc(-c2csc(=NC3CCCCC3)n2N=Cc2cccc(OC)c2OC)c(OC)c1. The molecule has 3 aromatic rings. The van der Waals surface area contributed by atoms with Gasteiger partial charge in [0.25, 0.3) is 0 Å². The van der Waals surface area contributed by atoms with E-state index in [2.05, 4.69) is 5.38 Å². The number of benzene rings is 2. The molecule has 2 aromatic carbocycles. The first-order chi connectivity index (χ1) is 16.7. The molecule has 0 radical (unpaired) electrons. The van der Waals surface area contributed by atoms with Gasteiger partial charge in [-0.15, -0.1) is 11.3 Å². The van der Waals surface area contributed by atoms with Crippen molar-refractivity contribution < 1.29 is 18.9 Å². The normalized spacial score (nSPS) is 15.0. The van der Waals surface area contributed by atoms with Gasteiger partial charge in [0, 0.05) is 22.6 Å². The van der Waals surface area contributed by atoms with E-state index in [1.54, 1.807) is 46.0 Å². The van der Waals surface area contributed by atoms with E-state index in [1.165, 1.54) is 19.3 Å². The summed E-state index contributed by atoms with van der Waals surface area (Å²) in [6.45, 7) is 0. The number of methoxy groups -OCH3 is 4. The summed E-state index contributed by atoms with van der Waals surface area (Å²) in [4.78, 5) is 5.95. The van der Waals surface area contributed by atoms with E-state index in [0.717, 1.165) is 40.2 Å². The van der Waals surface area contributed by atoms with E-state index in [0.29, 0.717) is 23.3 Å². The molecule has 180 valence electrons. The second-order valence-corrected chi connectivity index (χ2v) is 8.87. The lowest BCUT2D eigenvalue weighted by atomic mass is 9.96. The molecule has 0 atom stereocenters. The summed E-state index contributed by atoms with van der Waals surface area (Å²) in [7, 11) is 6.56. The number of ether oxygens (including phenoxy) is 4. The Morgan fingerprint density at radius 1 is 0.912 bits per heavy atom. The van der Waals surface area contributed by atoms with Gasteiger partial charge in [-0.2, -0.15) is 5.10 Å². The highest BCUT2D eigenvalue weighted by Gasteiger charge is 2.17. The number of para-hydroxylation sites is 1. The molecular weight excluding hydrogens is 450 g/mol. The summed E-state index contributed by atoms with van der Waals surface area (Å²) in [5.41, 5.74) is 2.63. The Labute approximate surface area is 204 Å². The van der Waals surface area contributed by atoms with Crippen molar-refractivity contribution in [3.63, 3.8) is 0 Å². The van der Waals surface area contributed by atoms with Crippen molar-refractivity contribution in [3.8, 4) is 34.3 Å². The molecule has 0 spiro atoms. The van der Waals surface area contributed by atoms with Gasteiger partial charge in [0.15, 0.2) is 11.5 Å². The van der Waals surface area contributed by atoms with Crippen LogP contribution in [0.2, 0.25) is 0 Å². The number of hydrogen-bond acceptors (Lipinski definition) is 7. The zero-order valence-electron chi connectivity index (χ0n) is 20.1. The molecule has 8 heteroatoms. The third-order valence-electron chi connectivity index (χ3n) is 5.98. The van der Waals surface area contributed by atoms with Crippen LogP contribution in [-0.2, 0) is 0 Å². The van der Waals surface area contributed by atoms with Gasteiger partial charge in [-0.3, -0.25) is 4.99 Å². The van der Waals surface area contributed by atoms with Crippen molar-refractivity contribution in [1.82, 2.24) is 4.68 Å². The summed E-state index contributed by atoms with van der Waals surface area (Å²) in [5.74, 6) is 2.74. The Hall–Kier alpha value is -3.26. The second-order valence-electron chi connectivity index (χ2n) is 8.03. The minimum atomic E-state index is 0.325. The molecule has 1 aliphatic carbocycles. The van der Waals surface area contributed by atoms with Gasteiger partial charge in [0.05, 0.1) is 46.4 Å². The van der Waals surface area contributed by atoms with Crippen molar-refractivity contribution in [1.29, 1.82) is 0 Å². The quantitative estimate of drug-likeness (QED) is 0.406. The molecular formula is C26H31N3O4S. The Balaban J connectivity index is 1.84. The molecule has 1 saturated carbocycles. The summed E-state index contributed by atoms with van der Waals surface area (Å²) < 4.78 is 24.0. The molecule has 1 aromatic heterocycles. The van der Waals surface area contributed by atoms with E-state index in [9.17, 15) is 0 Å². The summed E-state index contributed by atoms with van der Waals surface area (Å²) in [5, 5.41) is 6.94. The van der Waals surface area contributed by atoms with Gasteiger partial charge in [0.2, 0.25) is 4.80 Å². The maximum Gasteiger partial charge on any atom is 0.206 e. The van der Waals surface area contributed by atoms with Crippen LogP contribution < -0.4 is 23.7 Å². The number of rotatable bonds is 8. The van der Waals surface area contributed by atoms with Crippen LogP contribution in [0.1, 0.15) is 37.7 Å². The average Bonchev–Trinajstić information content (AvgIpc) is 3.28. The lowest BCUT2D eigenvalue weighted by Crippen LogP contribution is -2.19. The third kappa shape index (κ3) is 5.12. The van der Waals surface area contributed by atoms with E-state index in [-0.39, 0.29) is 0 Å². The molecule has 34 heavy (non-hydrogen) atoms. The van der Waals surface area contributed by atoms with Crippen LogP contribution in [0.3, 0.4) is 0 Å². The van der Waals surface area contributed by atoms with Gasteiger partial charge in [-0.05, 0) is 37.1 Å². The molecule has 0 aliphatic heterocycles. The van der Waals surface area contributed by atoms with Crippen molar-refractivity contribution in [2.75, 3.05) is 28.4 Å². The fraction of sp³-hybridized carbons (Fsp3) is 0.385. The first-order valence-corrected chi connectivity index (χ1v) is 12.3. The molecule has 0 amide bonds. The highest BCUT2D eigenvalue weighted by Crippen LogP contribution is 2.34. The zero-order valence-corrected chi connectivity index (χ0v) is 20.9. The maximum atomic E-state index is 5.68. The maximum absolute atomic E-state index is 5.68. The predicted molar refractivity (Wildman–Crippen MR) is 136 cm³/mol. The Bertz CT molecular complexity index is 1210. The number of thiazole rings is 1. The monoisotopic (exact) mass is 481 g/mol. The van der Waals surface area contributed by atoms with Crippen LogP contribution in [0.4, 0.5) is 0 Å². The molecule has 1 fully saturated rings. The van der Waals surface area contributed by atoms with E-state index in [1.807, 2.05) is 41.1 Å². The van der Waals surface area contributed by atoms with Gasteiger partial charge in [-0.25, -0.2) is 4.68 Å². The molecule has 1 heterocycles. The summed E-state index contributed by atoms with van der Waals surface area (Å²) in [6, 6.07) is 11.8. The highest BCUT2D eigenvalue weighted by atomic mass is 32.1. The number of hydrogen-bond donors (Lipinski definition) is 0. The predicted octanol–water partition coefficient (Wildman–Crippen LogP) is 5.37. The van der Waals surface area contributed by atoms with Crippen molar-refractivity contribution in [2.45, 2.75) is 38.1 Å². The van der Waals surface area contributed by atoms with Crippen LogP contribution in [0.5, 0.6) is 23.0 Å². The van der Waals surface area contributed by atoms with Crippen LogP contribution >= 0.6 is 11.3 Å². The van der Waals surface area contributed by atoms with Gasteiger partial charge in [-0.1, -0.05) is 25.3 Å². The molecule has 0 unspecified atom stereocenters.